The van der Waals surface area contributed by atoms with Gasteiger partial charge in [0, 0.05) is 6.42 Å². The second-order valence-electron chi connectivity index (χ2n) is 5.19. The molecule has 0 amide bonds. The normalized spacial score (nSPS) is 11.9. The lowest BCUT2D eigenvalue weighted by molar-refractivity contribution is 0.0683. The van der Waals surface area contributed by atoms with Gasteiger partial charge in [0.25, 0.3) is 0 Å². The highest BCUT2D eigenvalue weighted by Crippen LogP contribution is 2.27. The lowest BCUT2D eigenvalue weighted by Gasteiger charge is -2.12. The van der Waals surface area contributed by atoms with Gasteiger partial charge in [-0.3, -0.25) is 4.55 Å². The van der Waals surface area contributed by atoms with E-state index in [-0.39, 0.29) is 6.42 Å². The van der Waals surface area contributed by atoms with Crippen LogP contribution in [0.5, 0.6) is 0 Å². The van der Waals surface area contributed by atoms with Crippen molar-refractivity contribution in [1.82, 2.24) is 5.32 Å². The molecule has 21 heavy (non-hydrogen) atoms. The first-order chi connectivity index (χ1) is 9.72. The van der Waals surface area contributed by atoms with E-state index in [1.54, 1.807) is 0 Å². The van der Waals surface area contributed by atoms with E-state index in [1.165, 1.54) is 25.7 Å². The van der Waals surface area contributed by atoms with Gasteiger partial charge in [-0.1, -0.05) is 58.3 Å². The summed E-state index contributed by atoms with van der Waals surface area (Å²) in [5.74, 6) is 0. The van der Waals surface area contributed by atoms with Gasteiger partial charge in [-0.15, -0.1) is 0 Å². The van der Waals surface area contributed by atoms with Crippen molar-refractivity contribution in [2.45, 2.75) is 76.4 Å². The summed E-state index contributed by atoms with van der Waals surface area (Å²) in [5.41, 5.74) is 0. The molecule has 0 spiro atoms. The van der Waals surface area contributed by atoms with Crippen LogP contribution in [0.15, 0.2) is 0 Å². The molecule has 0 atom stereocenters. The highest BCUT2D eigenvalue weighted by molar-refractivity contribution is 7.86. The molecule has 0 aliphatic heterocycles. The van der Waals surface area contributed by atoms with E-state index in [4.69, 9.17) is 4.55 Å². The van der Waals surface area contributed by atoms with Gasteiger partial charge >= 0.3 is 15.4 Å². The third-order valence-corrected chi connectivity index (χ3v) is 3.91. The van der Waals surface area contributed by atoms with Crippen molar-refractivity contribution >= 4 is 10.1 Å². The Morgan fingerprint density at radius 2 is 1.24 bits per heavy atom. The molecule has 0 rings (SSSR count). The van der Waals surface area contributed by atoms with Crippen molar-refractivity contribution in [2.75, 3.05) is 14.1 Å². The number of hydrogen-bond donors (Lipinski definition) is 2. The molecule has 0 bridgehead atoms. The van der Waals surface area contributed by atoms with Crippen LogP contribution in [0.2, 0.25) is 0 Å². The molecule has 130 valence electrons. The fraction of sp³-hybridized carbons (Fsp3) is 1.00. The first kappa shape index (κ1) is 23.0. The number of unbranched alkanes of at least 4 members (excludes halogenated alkanes) is 8. The van der Waals surface area contributed by atoms with Crippen molar-refractivity contribution in [3.05, 3.63) is 0 Å². The van der Waals surface area contributed by atoms with Crippen LogP contribution in [0.25, 0.3) is 0 Å². The van der Waals surface area contributed by atoms with Crippen LogP contribution >= 0.6 is 0 Å². The minimum Gasteiger partial charge on any atom is -0.323 e. The molecule has 0 aliphatic rings. The molecule has 2 N–H and O–H groups in total. The molecule has 0 radical (unpaired) electrons. The Hall–Kier alpha value is -0.270. The van der Waals surface area contributed by atoms with Gasteiger partial charge in [0.1, 0.15) is 0 Å². The Bertz CT molecular complexity index is 322. The molecule has 0 saturated carbocycles. The van der Waals surface area contributed by atoms with Gasteiger partial charge < -0.3 is 5.32 Å². The van der Waals surface area contributed by atoms with Crippen molar-refractivity contribution in [3.63, 3.8) is 0 Å². The average Bonchev–Trinajstić information content (AvgIpc) is 2.36. The number of nitrogens with one attached hydrogen (secondary N) is 1. The fourth-order valence-electron chi connectivity index (χ4n) is 1.77. The minimum absolute atomic E-state index is 0.127. The number of alkyl halides is 2. The Morgan fingerprint density at radius 3 is 1.57 bits per heavy atom. The maximum Gasteiger partial charge on any atom is 0.370 e. The summed E-state index contributed by atoms with van der Waals surface area (Å²) in [6, 6.07) is 0. The van der Waals surface area contributed by atoms with Crippen molar-refractivity contribution < 1.29 is 21.8 Å². The topological polar surface area (TPSA) is 66.4 Å². The molecule has 0 unspecified atom stereocenters. The number of hydrogen-bond acceptors (Lipinski definition) is 3. The van der Waals surface area contributed by atoms with Crippen molar-refractivity contribution in [3.8, 4) is 0 Å². The number of halogens is 2. The zero-order chi connectivity index (χ0) is 16.8. The lowest BCUT2D eigenvalue weighted by Crippen LogP contribution is -2.27. The van der Waals surface area contributed by atoms with E-state index in [1.807, 2.05) is 14.1 Å². The molecule has 0 aliphatic carbocycles. The van der Waals surface area contributed by atoms with Gasteiger partial charge in [0.2, 0.25) is 0 Å². The monoisotopic (exact) mass is 331 g/mol. The van der Waals surface area contributed by atoms with Crippen molar-refractivity contribution in [2.24, 2.45) is 0 Å². The Balaban J connectivity index is 0. The molecule has 0 fully saturated rings. The summed E-state index contributed by atoms with van der Waals surface area (Å²) in [5, 5.41) is -1.24. The van der Waals surface area contributed by atoms with Crippen LogP contribution < -0.4 is 5.32 Å². The summed E-state index contributed by atoms with van der Waals surface area (Å²) in [7, 11) is -1.49. The highest BCUT2D eigenvalue weighted by atomic mass is 32.2. The number of rotatable bonds is 11. The van der Waals surface area contributed by atoms with Gasteiger partial charge in [-0.25, -0.2) is 0 Å². The molecular weight excluding hydrogens is 300 g/mol. The maximum absolute atomic E-state index is 12.8. The average molecular weight is 331 g/mol. The third-order valence-electron chi connectivity index (χ3n) is 2.95. The van der Waals surface area contributed by atoms with Crippen LogP contribution in [0, 0.1) is 0 Å². The van der Waals surface area contributed by atoms with E-state index >= 15 is 0 Å². The van der Waals surface area contributed by atoms with E-state index in [0.717, 1.165) is 19.3 Å². The Kier molecular flexibility index (Phi) is 14.7. The molecule has 7 heteroatoms. The largest absolute Gasteiger partial charge is 0.370 e. The molecule has 0 heterocycles. The zero-order valence-electron chi connectivity index (χ0n) is 13.5. The van der Waals surface area contributed by atoms with E-state index in [0.29, 0.717) is 6.42 Å². The molecule has 4 nitrogen and oxygen atoms in total. The molecule has 0 saturated heterocycles. The molecule has 0 aromatic rings. The Labute approximate surface area is 128 Å². The van der Waals surface area contributed by atoms with Crippen LogP contribution in [0.3, 0.4) is 0 Å². The predicted octanol–water partition coefficient (Wildman–Crippen LogP) is 4.22. The van der Waals surface area contributed by atoms with Crippen LogP contribution in [-0.4, -0.2) is 32.3 Å². The third kappa shape index (κ3) is 14.4. The predicted molar refractivity (Wildman–Crippen MR) is 83.3 cm³/mol. The van der Waals surface area contributed by atoms with Crippen LogP contribution in [-0.2, 0) is 10.1 Å². The van der Waals surface area contributed by atoms with E-state index < -0.39 is 21.8 Å². The smallest absolute Gasteiger partial charge is 0.323 e. The van der Waals surface area contributed by atoms with Gasteiger partial charge in [0.05, 0.1) is 0 Å². The summed E-state index contributed by atoms with van der Waals surface area (Å²) < 4.78 is 54.6. The van der Waals surface area contributed by atoms with Gasteiger partial charge in [0.15, 0.2) is 0 Å². The van der Waals surface area contributed by atoms with Gasteiger partial charge in [-0.2, -0.15) is 17.2 Å². The van der Waals surface area contributed by atoms with Crippen LogP contribution in [0.1, 0.15) is 71.1 Å². The second kappa shape index (κ2) is 13.4. The standard InChI is InChI=1S/C12H24F2O3S.C2H7N/c1-2-3-4-5-6-7-8-9-10-11-12(13,14)18(15,16)17;1-3-2/h2-11H2,1H3,(H,15,16,17);3H,1-2H3. The van der Waals surface area contributed by atoms with Crippen molar-refractivity contribution in [1.29, 1.82) is 0 Å². The summed E-state index contributed by atoms with van der Waals surface area (Å²) >= 11 is 0. The van der Waals surface area contributed by atoms with E-state index in [2.05, 4.69) is 12.2 Å². The summed E-state index contributed by atoms with van der Waals surface area (Å²) in [6.45, 7) is 2.15. The minimum atomic E-state index is -5.24. The maximum atomic E-state index is 12.8. The summed E-state index contributed by atoms with van der Waals surface area (Å²) in [4.78, 5) is 0. The Morgan fingerprint density at radius 1 is 0.905 bits per heavy atom. The first-order valence-electron chi connectivity index (χ1n) is 7.66. The summed E-state index contributed by atoms with van der Waals surface area (Å²) in [6.07, 6.45) is 7.70. The lowest BCUT2D eigenvalue weighted by atomic mass is 10.1. The highest BCUT2D eigenvalue weighted by Gasteiger charge is 2.42. The van der Waals surface area contributed by atoms with E-state index in [9.17, 15) is 17.2 Å². The zero-order valence-corrected chi connectivity index (χ0v) is 14.3. The van der Waals surface area contributed by atoms with Gasteiger partial charge in [-0.05, 0) is 20.5 Å². The molecule has 0 aromatic heterocycles. The molecular formula is C14H31F2NO3S. The first-order valence-corrected chi connectivity index (χ1v) is 9.10. The SMILES string of the molecule is CCCCCCCCCCCC(F)(F)S(=O)(=O)O.CNC. The molecule has 0 aromatic carbocycles. The second-order valence-corrected chi connectivity index (χ2v) is 6.74. The van der Waals surface area contributed by atoms with Crippen LogP contribution in [0.4, 0.5) is 8.78 Å². The quantitative estimate of drug-likeness (QED) is 0.439. The fourth-order valence-corrected chi connectivity index (χ4v) is 2.17.